The Morgan fingerprint density at radius 1 is 1.23 bits per heavy atom. The number of benzene rings is 1. The molecule has 0 aromatic heterocycles. The van der Waals surface area contributed by atoms with Gasteiger partial charge in [0.15, 0.2) is 0 Å². The van der Waals surface area contributed by atoms with Crippen LogP contribution in [0.3, 0.4) is 0 Å². The number of para-hydroxylation sites is 1. The number of carbonyl (C=O) groups excluding carboxylic acids is 1. The molecule has 0 heterocycles. The maximum Gasteiger partial charge on any atom is 0.314 e. The van der Waals surface area contributed by atoms with Crippen molar-refractivity contribution in [2.24, 2.45) is 0 Å². The van der Waals surface area contributed by atoms with Crippen LogP contribution >= 0.6 is 0 Å². The standard InChI is InChI=1S/C9H10NO3/c1-12-7-4-3-5-8(13-2)9(7)10-6-11/h3-5H,1-2H3,(H,10,11). The molecule has 0 fully saturated rings. The van der Waals surface area contributed by atoms with E-state index in [-0.39, 0.29) is 0 Å². The van der Waals surface area contributed by atoms with E-state index in [2.05, 4.69) is 5.32 Å². The fourth-order valence-electron chi connectivity index (χ4n) is 1.03. The summed E-state index contributed by atoms with van der Waals surface area (Å²) in [6.07, 6.45) is 1.57. The first-order chi connectivity index (χ1) is 6.33. The van der Waals surface area contributed by atoms with Crippen molar-refractivity contribution in [1.29, 1.82) is 0 Å². The molecule has 0 atom stereocenters. The summed E-state index contributed by atoms with van der Waals surface area (Å²) in [5.41, 5.74) is 0.488. The highest BCUT2D eigenvalue weighted by atomic mass is 16.5. The summed E-state index contributed by atoms with van der Waals surface area (Å²) in [6.45, 7) is 0. The van der Waals surface area contributed by atoms with E-state index < -0.39 is 0 Å². The fraction of sp³-hybridized carbons (Fsp3) is 0.222. The van der Waals surface area contributed by atoms with Crippen molar-refractivity contribution in [1.82, 2.24) is 0 Å². The van der Waals surface area contributed by atoms with Crippen LogP contribution in [0, 0.1) is 0 Å². The smallest absolute Gasteiger partial charge is 0.314 e. The second-order valence-electron chi connectivity index (χ2n) is 2.26. The molecule has 1 aromatic carbocycles. The molecule has 4 heteroatoms. The molecule has 1 N–H and O–H groups in total. The van der Waals surface area contributed by atoms with Gasteiger partial charge in [-0.25, -0.2) is 0 Å². The number of nitrogens with one attached hydrogen (secondary N) is 1. The molecule has 1 aromatic rings. The number of methoxy groups -OCH3 is 2. The van der Waals surface area contributed by atoms with Gasteiger partial charge in [0.25, 0.3) is 0 Å². The summed E-state index contributed by atoms with van der Waals surface area (Å²) in [4.78, 5) is 10.2. The predicted octanol–water partition coefficient (Wildman–Crippen LogP) is 1.18. The Morgan fingerprint density at radius 2 is 1.77 bits per heavy atom. The Hall–Kier alpha value is -1.71. The zero-order valence-corrected chi connectivity index (χ0v) is 7.46. The van der Waals surface area contributed by atoms with Crippen LogP contribution < -0.4 is 14.8 Å². The van der Waals surface area contributed by atoms with Crippen LogP contribution in [-0.4, -0.2) is 20.6 Å². The highest BCUT2D eigenvalue weighted by molar-refractivity contribution is 5.80. The van der Waals surface area contributed by atoms with Crippen molar-refractivity contribution in [3.63, 3.8) is 0 Å². The third-order valence-corrected chi connectivity index (χ3v) is 1.60. The van der Waals surface area contributed by atoms with Crippen molar-refractivity contribution in [3.05, 3.63) is 18.2 Å². The molecule has 0 spiro atoms. The molecule has 0 aliphatic heterocycles. The lowest BCUT2D eigenvalue weighted by Crippen LogP contribution is -1.99. The molecular formula is C9H10NO3. The number of rotatable bonds is 4. The monoisotopic (exact) mass is 180 g/mol. The second kappa shape index (κ2) is 4.35. The lowest BCUT2D eigenvalue weighted by molar-refractivity contribution is 0.398. The van der Waals surface area contributed by atoms with Gasteiger partial charge in [-0.1, -0.05) is 6.07 Å². The van der Waals surface area contributed by atoms with Crippen LogP contribution in [0.2, 0.25) is 0 Å². The minimum atomic E-state index is 0.488. The minimum Gasteiger partial charge on any atom is -0.494 e. The van der Waals surface area contributed by atoms with Gasteiger partial charge in [-0.2, -0.15) is 0 Å². The average molecular weight is 180 g/mol. The van der Waals surface area contributed by atoms with Gasteiger partial charge in [0.1, 0.15) is 17.2 Å². The lowest BCUT2D eigenvalue weighted by atomic mass is 10.2. The first-order valence-corrected chi connectivity index (χ1v) is 3.67. The van der Waals surface area contributed by atoms with E-state index in [1.807, 2.05) is 0 Å². The van der Waals surface area contributed by atoms with Crippen LogP contribution in [0.25, 0.3) is 0 Å². The van der Waals surface area contributed by atoms with E-state index in [1.54, 1.807) is 24.6 Å². The van der Waals surface area contributed by atoms with Crippen molar-refractivity contribution < 1.29 is 14.3 Å². The van der Waals surface area contributed by atoms with Crippen molar-refractivity contribution in [2.45, 2.75) is 0 Å². The number of ether oxygens (including phenoxy) is 2. The molecule has 0 saturated carbocycles. The van der Waals surface area contributed by atoms with Crippen LogP contribution in [0.1, 0.15) is 0 Å². The predicted molar refractivity (Wildman–Crippen MR) is 48.9 cm³/mol. The molecule has 69 valence electrons. The average Bonchev–Trinajstić information content (AvgIpc) is 2.18. The fourth-order valence-corrected chi connectivity index (χ4v) is 1.03. The molecular weight excluding hydrogens is 170 g/mol. The minimum absolute atomic E-state index is 0.488. The molecule has 0 saturated heterocycles. The van der Waals surface area contributed by atoms with Gasteiger partial charge in [0.05, 0.1) is 14.2 Å². The summed E-state index contributed by atoms with van der Waals surface area (Å²) < 4.78 is 10.0. The van der Waals surface area contributed by atoms with Gasteiger partial charge in [0.2, 0.25) is 0 Å². The van der Waals surface area contributed by atoms with Crippen LogP contribution in [0.4, 0.5) is 5.69 Å². The number of hydrogen-bond donors (Lipinski definition) is 1. The van der Waals surface area contributed by atoms with Crippen molar-refractivity contribution in [2.75, 3.05) is 19.5 Å². The van der Waals surface area contributed by atoms with Gasteiger partial charge in [0, 0.05) is 0 Å². The third kappa shape index (κ3) is 1.90. The second-order valence-corrected chi connectivity index (χ2v) is 2.26. The van der Waals surface area contributed by atoms with Crippen molar-refractivity contribution in [3.8, 4) is 11.5 Å². The summed E-state index contributed by atoms with van der Waals surface area (Å²) in [5.74, 6) is 1.09. The number of anilines is 1. The normalized spacial score (nSPS) is 9.08. The van der Waals surface area contributed by atoms with E-state index in [4.69, 9.17) is 9.47 Å². The molecule has 0 unspecified atom stereocenters. The molecule has 1 amide bonds. The topological polar surface area (TPSA) is 47.6 Å². The Kier molecular flexibility index (Phi) is 3.14. The molecule has 4 nitrogen and oxygen atoms in total. The molecule has 1 radical (unpaired) electrons. The number of hydrogen-bond acceptors (Lipinski definition) is 3. The Balaban J connectivity index is 3.12. The highest BCUT2D eigenvalue weighted by Gasteiger charge is 2.07. The Morgan fingerprint density at radius 3 is 2.15 bits per heavy atom. The Labute approximate surface area is 76.5 Å². The van der Waals surface area contributed by atoms with E-state index in [0.717, 1.165) is 0 Å². The molecule has 0 aliphatic carbocycles. The summed E-state index contributed by atoms with van der Waals surface area (Å²) >= 11 is 0. The van der Waals surface area contributed by atoms with Crippen molar-refractivity contribution >= 4 is 12.1 Å². The molecule has 1 rings (SSSR count). The van der Waals surface area contributed by atoms with E-state index >= 15 is 0 Å². The maximum absolute atomic E-state index is 10.2. The lowest BCUT2D eigenvalue weighted by Gasteiger charge is -2.10. The van der Waals surface area contributed by atoms with E-state index in [9.17, 15) is 4.79 Å². The third-order valence-electron chi connectivity index (χ3n) is 1.60. The summed E-state index contributed by atoms with van der Waals surface area (Å²) in [7, 11) is 3.04. The summed E-state index contributed by atoms with van der Waals surface area (Å²) in [6, 6.07) is 5.22. The zero-order chi connectivity index (χ0) is 9.68. The maximum atomic E-state index is 10.2. The summed E-state index contributed by atoms with van der Waals surface area (Å²) in [5, 5.41) is 2.39. The van der Waals surface area contributed by atoms with Gasteiger partial charge in [-0.3, -0.25) is 4.79 Å². The van der Waals surface area contributed by atoms with Crippen LogP contribution in [0.5, 0.6) is 11.5 Å². The van der Waals surface area contributed by atoms with E-state index in [1.165, 1.54) is 14.2 Å². The molecule has 13 heavy (non-hydrogen) atoms. The van der Waals surface area contributed by atoms with Gasteiger partial charge in [-0.05, 0) is 12.1 Å². The zero-order valence-electron chi connectivity index (χ0n) is 7.46. The van der Waals surface area contributed by atoms with Gasteiger partial charge < -0.3 is 14.8 Å². The van der Waals surface area contributed by atoms with Crippen LogP contribution in [0.15, 0.2) is 18.2 Å². The Bertz CT molecular complexity index is 277. The van der Waals surface area contributed by atoms with E-state index in [0.29, 0.717) is 17.2 Å². The first-order valence-electron chi connectivity index (χ1n) is 3.67. The highest BCUT2D eigenvalue weighted by Crippen LogP contribution is 2.33. The molecule has 0 aliphatic rings. The first kappa shape index (κ1) is 9.38. The quantitative estimate of drug-likeness (QED) is 0.708. The largest absolute Gasteiger partial charge is 0.494 e. The van der Waals surface area contributed by atoms with Gasteiger partial charge in [-0.15, -0.1) is 0 Å². The SMILES string of the molecule is COc1cccc(OC)c1N[C]=O. The number of amides is 1. The van der Waals surface area contributed by atoms with Gasteiger partial charge >= 0.3 is 6.41 Å². The molecule has 0 bridgehead atoms. The van der Waals surface area contributed by atoms with Crippen LogP contribution in [-0.2, 0) is 4.79 Å².